The van der Waals surface area contributed by atoms with E-state index in [1.807, 2.05) is 12.1 Å². The van der Waals surface area contributed by atoms with Crippen molar-refractivity contribution < 1.29 is 13.2 Å². The highest BCUT2D eigenvalue weighted by Gasteiger charge is 2.21. The lowest BCUT2D eigenvalue weighted by molar-refractivity contribution is 0.196. The Balaban J connectivity index is 1.97. The Hall–Kier alpha value is -0.470. The minimum absolute atomic E-state index is 0.273. The van der Waals surface area contributed by atoms with Crippen molar-refractivity contribution in [1.82, 2.24) is 10.0 Å². The van der Waals surface area contributed by atoms with Gasteiger partial charge in [0.15, 0.2) is 0 Å². The largest absolute Gasteiger partial charge is 0.385 e. The summed E-state index contributed by atoms with van der Waals surface area (Å²) < 4.78 is 32.5. The van der Waals surface area contributed by atoms with E-state index in [9.17, 15) is 8.42 Å². The van der Waals surface area contributed by atoms with Gasteiger partial charge in [-0.15, -0.1) is 0 Å². The maximum absolute atomic E-state index is 12.2. The van der Waals surface area contributed by atoms with Crippen molar-refractivity contribution in [3.63, 3.8) is 0 Å². The third-order valence-electron chi connectivity index (χ3n) is 3.28. The van der Waals surface area contributed by atoms with Crippen molar-refractivity contribution >= 4 is 26.0 Å². The van der Waals surface area contributed by atoms with Crippen molar-refractivity contribution in [2.45, 2.75) is 36.7 Å². The van der Waals surface area contributed by atoms with Crippen molar-refractivity contribution in [3.05, 3.63) is 28.2 Å². The van der Waals surface area contributed by atoms with Gasteiger partial charge in [0.05, 0.1) is 4.90 Å². The molecule has 1 aromatic rings. The van der Waals surface area contributed by atoms with Crippen LogP contribution in [0.4, 0.5) is 0 Å². The van der Waals surface area contributed by atoms with Gasteiger partial charge in [0, 0.05) is 37.3 Å². The van der Waals surface area contributed by atoms with Gasteiger partial charge >= 0.3 is 0 Å². The van der Waals surface area contributed by atoms with Crippen LogP contribution in [0.3, 0.4) is 0 Å². The molecule has 1 aromatic carbocycles. The van der Waals surface area contributed by atoms with Crippen molar-refractivity contribution in [3.8, 4) is 0 Å². The second-order valence-corrected chi connectivity index (χ2v) is 7.75. The molecule has 5 nitrogen and oxygen atoms in total. The number of sulfonamides is 1. The fourth-order valence-electron chi connectivity index (χ4n) is 1.92. The van der Waals surface area contributed by atoms with Gasteiger partial charge in [-0.25, -0.2) is 13.1 Å². The summed E-state index contributed by atoms with van der Waals surface area (Å²) in [5, 5.41) is 3.41. The Morgan fingerprint density at radius 3 is 2.76 bits per heavy atom. The van der Waals surface area contributed by atoms with Crippen LogP contribution in [-0.4, -0.2) is 34.7 Å². The smallest absolute Gasteiger partial charge is 0.241 e. The van der Waals surface area contributed by atoms with Crippen molar-refractivity contribution in [2.75, 3.05) is 20.3 Å². The molecule has 0 bridgehead atoms. The summed E-state index contributed by atoms with van der Waals surface area (Å²) >= 11 is 3.36. The SMILES string of the molecule is COCCCNS(=O)(=O)c1ccc(CNC2CC2)cc1Br. The van der Waals surface area contributed by atoms with Gasteiger partial charge in [-0.05, 0) is 52.9 Å². The standard InChI is InChI=1S/C14H21BrN2O3S/c1-20-8-2-7-17-21(18,19)14-6-3-11(9-13(14)15)10-16-12-4-5-12/h3,6,9,12,16-17H,2,4-5,7-8,10H2,1H3. The molecule has 0 saturated heterocycles. The molecule has 1 aliphatic carbocycles. The number of benzene rings is 1. The molecule has 1 saturated carbocycles. The fraction of sp³-hybridized carbons (Fsp3) is 0.571. The summed E-state index contributed by atoms with van der Waals surface area (Å²) in [5.41, 5.74) is 1.08. The van der Waals surface area contributed by atoms with Gasteiger partial charge in [-0.3, -0.25) is 0 Å². The van der Waals surface area contributed by atoms with E-state index >= 15 is 0 Å². The molecule has 0 aliphatic heterocycles. The molecule has 0 radical (unpaired) electrons. The second-order valence-electron chi connectivity index (χ2n) is 5.16. The van der Waals surface area contributed by atoms with Gasteiger partial charge in [-0.2, -0.15) is 0 Å². The number of rotatable bonds is 9. The number of ether oxygens (including phenoxy) is 1. The second kappa shape index (κ2) is 7.69. The molecule has 7 heteroatoms. The quantitative estimate of drug-likeness (QED) is 0.647. The minimum atomic E-state index is -3.48. The zero-order chi connectivity index (χ0) is 15.3. The summed E-state index contributed by atoms with van der Waals surface area (Å²) in [7, 11) is -1.88. The monoisotopic (exact) mass is 376 g/mol. The van der Waals surface area contributed by atoms with E-state index in [2.05, 4.69) is 26.0 Å². The van der Waals surface area contributed by atoms with Crippen molar-refractivity contribution in [1.29, 1.82) is 0 Å². The van der Waals surface area contributed by atoms with Crippen molar-refractivity contribution in [2.24, 2.45) is 0 Å². The summed E-state index contributed by atoms with van der Waals surface area (Å²) in [6, 6.07) is 5.99. The molecule has 118 valence electrons. The Labute approximate surface area is 134 Å². The summed E-state index contributed by atoms with van der Waals surface area (Å²) in [4.78, 5) is 0.273. The molecular formula is C14H21BrN2O3S. The highest BCUT2D eigenvalue weighted by atomic mass is 79.9. The van der Waals surface area contributed by atoms with Gasteiger partial charge in [-0.1, -0.05) is 6.07 Å². The molecular weight excluding hydrogens is 356 g/mol. The zero-order valence-electron chi connectivity index (χ0n) is 12.1. The number of methoxy groups -OCH3 is 1. The van der Waals surface area contributed by atoms with Crippen LogP contribution in [0.25, 0.3) is 0 Å². The minimum Gasteiger partial charge on any atom is -0.385 e. The first-order chi connectivity index (χ1) is 10.0. The topological polar surface area (TPSA) is 67.4 Å². The first-order valence-electron chi connectivity index (χ1n) is 7.03. The third kappa shape index (κ3) is 5.34. The van der Waals surface area contributed by atoms with Gasteiger partial charge < -0.3 is 10.1 Å². The maximum atomic E-state index is 12.2. The first-order valence-corrected chi connectivity index (χ1v) is 9.31. The molecule has 0 heterocycles. The molecule has 0 atom stereocenters. The molecule has 1 fully saturated rings. The Kier molecular flexibility index (Phi) is 6.19. The predicted molar refractivity (Wildman–Crippen MR) is 85.7 cm³/mol. The molecule has 21 heavy (non-hydrogen) atoms. The van der Waals surface area contributed by atoms with Crippen LogP contribution < -0.4 is 10.0 Å². The average molecular weight is 377 g/mol. The molecule has 2 N–H and O–H groups in total. The van der Waals surface area contributed by atoms with Gasteiger partial charge in [0.25, 0.3) is 0 Å². The highest BCUT2D eigenvalue weighted by molar-refractivity contribution is 9.10. The molecule has 0 amide bonds. The highest BCUT2D eigenvalue weighted by Crippen LogP contribution is 2.24. The van der Waals surface area contributed by atoms with E-state index in [1.54, 1.807) is 13.2 Å². The lowest BCUT2D eigenvalue weighted by atomic mass is 10.2. The van der Waals surface area contributed by atoms with E-state index in [1.165, 1.54) is 12.8 Å². The van der Waals surface area contributed by atoms with Crippen LogP contribution in [0.15, 0.2) is 27.6 Å². The van der Waals surface area contributed by atoms with Crippen LogP contribution in [0.5, 0.6) is 0 Å². The lowest BCUT2D eigenvalue weighted by Crippen LogP contribution is -2.26. The number of hydrogen-bond donors (Lipinski definition) is 2. The van der Waals surface area contributed by atoms with Crippen LogP contribution in [0, 0.1) is 0 Å². The summed E-state index contributed by atoms with van der Waals surface area (Å²) in [6.45, 7) is 1.67. The number of hydrogen-bond acceptors (Lipinski definition) is 4. The molecule has 0 unspecified atom stereocenters. The van der Waals surface area contributed by atoms with Crippen LogP contribution in [0.1, 0.15) is 24.8 Å². The Morgan fingerprint density at radius 2 is 2.14 bits per heavy atom. The van der Waals surface area contributed by atoms with Gasteiger partial charge in [0.2, 0.25) is 10.0 Å². The van der Waals surface area contributed by atoms with Crippen LogP contribution in [-0.2, 0) is 21.3 Å². The van der Waals surface area contributed by atoms with E-state index in [-0.39, 0.29) is 4.90 Å². The van der Waals surface area contributed by atoms with E-state index < -0.39 is 10.0 Å². The van der Waals surface area contributed by atoms with Crippen LogP contribution >= 0.6 is 15.9 Å². The average Bonchev–Trinajstić information content (AvgIpc) is 3.25. The summed E-state index contributed by atoms with van der Waals surface area (Å²) in [5.74, 6) is 0. The number of nitrogens with one attached hydrogen (secondary N) is 2. The zero-order valence-corrected chi connectivity index (χ0v) is 14.5. The van der Waals surface area contributed by atoms with E-state index in [4.69, 9.17) is 4.74 Å². The normalized spacial score (nSPS) is 15.3. The van der Waals surface area contributed by atoms with E-state index in [0.29, 0.717) is 30.1 Å². The van der Waals surface area contributed by atoms with E-state index in [0.717, 1.165) is 12.1 Å². The Bertz CT molecular complexity index is 574. The first kappa shape index (κ1) is 16.9. The predicted octanol–water partition coefficient (Wildman–Crippen LogP) is 2.02. The van der Waals surface area contributed by atoms with Crippen LogP contribution in [0.2, 0.25) is 0 Å². The molecule has 0 spiro atoms. The molecule has 0 aromatic heterocycles. The summed E-state index contributed by atoms with van der Waals surface area (Å²) in [6.07, 6.45) is 3.12. The Morgan fingerprint density at radius 1 is 1.38 bits per heavy atom. The van der Waals surface area contributed by atoms with Gasteiger partial charge in [0.1, 0.15) is 0 Å². The molecule has 2 rings (SSSR count). The molecule has 1 aliphatic rings. The third-order valence-corrected chi connectivity index (χ3v) is 5.71. The maximum Gasteiger partial charge on any atom is 0.241 e. The number of halogens is 1. The lowest BCUT2D eigenvalue weighted by Gasteiger charge is -2.10. The fourth-order valence-corrected chi connectivity index (χ4v) is 4.12.